The zero-order valence-corrected chi connectivity index (χ0v) is 8.77. The van der Waals surface area contributed by atoms with Crippen molar-refractivity contribution in [1.82, 2.24) is 14.8 Å². The number of amides is 3. The number of ketones is 1. The lowest BCUT2D eigenvalue weighted by Crippen LogP contribution is -2.36. The molecular formula is C10H11N3O3. The predicted molar refractivity (Wildman–Crippen MR) is 54.9 cm³/mol. The molecule has 0 aromatic carbocycles. The lowest BCUT2D eigenvalue weighted by atomic mass is 10.2. The Morgan fingerprint density at radius 2 is 2.25 bits per heavy atom. The van der Waals surface area contributed by atoms with Gasteiger partial charge in [0.15, 0.2) is 5.78 Å². The number of imide groups is 1. The minimum atomic E-state index is -0.507. The molecule has 0 aliphatic carbocycles. The van der Waals surface area contributed by atoms with Gasteiger partial charge in [-0.2, -0.15) is 0 Å². The number of hydrogen-bond donors (Lipinski definition) is 1. The molecule has 2 heterocycles. The third kappa shape index (κ3) is 1.69. The third-order valence-corrected chi connectivity index (χ3v) is 2.47. The second kappa shape index (κ2) is 3.80. The van der Waals surface area contributed by atoms with Crippen LogP contribution in [0.5, 0.6) is 0 Å². The first-order valence-corrected chi connectivity index (χ1v) is 4.82. The first-order valence-electron chi connectivity index (χ1n) is 4.82. The summed E-state index contributed by atoms with van der Waals surface area (Å²) in [6.45, 7) is -0.234. The molecule has 1 aromatic rings. The van der Waals surface area contributed by atoms with E-state index in [4.69, 9.17) is 0 Å². The highest BCUT2D eigenvalue weighted by Gasteiger charge is 2.30. The fourth-order valence-corrected chi connectivity index (χ4v) is 1.59. The van der Waals surface area contributed by atoms with E-state index in [-0.39, 0.29) is 24.8 Å². The average molecular weight is 221 g/mol. The standard InChI is InChI=1S/C10H11N3O3/c1-12-4-2-3-7(12)8(14)6-13-9(15)5-11-10(13)16/h2-4H,5-6H2,1H3,(H,11,16). The van der Waals surface area contributed by atoms with Gasteiger partial charge in [0, 0.05) is 13.2 Å². The van der Waals surface area contributed by atoms with Crippen LogP contribution in [0.2, 0.25) is 0 Å². The van der Waals surface area contributed by atoms with Crippen molar-refractivity contribution in [2.45, 2.75) is 0 Å². The molecule has 6 nitrogen and oxygen atoms in total. The summed E-state index contributed by atoms with van der Waals surface area (Å²) >= 11 is 0. The maximum absolute atomic E-state index is 11.8. The lowest BCUT2D eigenvalue weighted by molar-refractivity contribution is -0.124. The Labute approximate surface area is 91.8 Å². The van der Waals surface area contributed by atoms with Crippen molar-refractivity contribution in [2.75, 3.05) is 13.1 Å². The molecule has 84 valence electrons. The highest BCUT2D eigenvalue weighted by molar-refractivity contribution is 6.07. The maximum Gasteiger partial charge on any atom is 0.325 e. The van der Waals surface area contributed by atoms with E-state index in [9.17, 15) is 14.4 Å². The molecule has 1 saturated heterocycles. The van der Waals surface area contributed by atoms with Crippen LogP contribution in [0.4, 0.5) is 4.79 Å². The highest BCUT2D eigenvalue weighted by atomic mass is 16.2. The molecule has 1 fully saturated rings. The number of hydrogen-bond acceptors (Lipinski definition) is 3. The summed E-state index contributed by atoms with van der Waals surface area (Å²) in [6.07, 6.45) is 1.74. The maximum atomic E-state index is 11.8. The normalized spacial score (nSPS) is 15.4. The quantitative estimate of drug-likeness (QED) is 0.565. The number of Topliss-reactive ketones (excluding diaryl/α,β-unsaturated/α-hetero) is 1. The number of aromatic nitrogens is 1. The molecule has 0 bridgehead atoms. The Morgan fingerprint density at radius 3 is 2.75 bits per heavy atom. The van der Waals surface area contributed by atoms with Gasteiger partial charge in [-0.15, -0.1) is 0 Å². The van der Waals surface area contributed by atoms with E-state index in [1.807, 2.05) is 0 Å². The van der Waals surface area contributed by atoms with E-state index in [0.29, 0.717) is 5.69 Å². The van der Waals surface area contributed by atoms with E-state index in [0.717, 1.165) is 4.90 Å². The van der Waals surface area contributed by atoms with Gasteiger partial charge in [0.2, 0.25) is 5.91 Å². The van der Waals surface area contributed by atoms with E-state index in [2.05, 4.69) is 5.32 Å². The van der Waals surface area contributed by atoms with Crippen molar-refractivity contribution in [3.63, 3.8) is 0 Å². The molecule has 0 unspecified atom stereocenters. The van der Waals surface area contributed by atoms with Crippen LogP contribution in [0.25, 0.3) is 0 Å². The van der Waals surface area contributed by atoms with Crippen LogP contribution in [0.15, 0.2) is 18.3 Å². The summed E-state index contributed by atoms with van der Waals surface area (Å²) < 4.78 is 1.65. The van der Waals surface area contributed by atoms with Gasteiger partial charge in [-0.05, 0) is 12.1 Å². The minimum Gasteiger partial charge on any atom is -0.348 e. The number of carbonyl (C=O) groups is 3. The summed E-state index contributed by atoms with van der Waals surface area (Å²) in [4.78, 5) is 35.2. The van der Waals surface area contributed by atoms with Crippen molar-refractivity contribution in [1.29, 1.82) is 0 Å². The fourth-order valence-electron chi connectivity index (χ4n) is 1.59. The van der Waals surface area contributed by atoms with Gasteiger partial charge in [-0.3, -0.25) is 14.5 Å². The zero-order valence-electron chi connectivity index (χ0n) is 8.77. The van der Waals surface area contributed by atoms with Crippen LogP contribution in [0, 0.1) is 0 Å². The van der Waals surface area contributed by atoms with Crippen LogP contribution in [0.1, 0.15) is 10.5 Å². The summed E-state index contributed by atoms with van der Waals surface area (Å²) in [5.74, 6) is -0.620. The van der Waals surface area contributed by atoms with Crippen LogP contribution in [0.3, 0.4) is 0 Å². The molecular weight excluding hydrogens is 210 g/mol. The van der Waals surface area contributed by atoms with Crippen molar-refractivity contribution < 1.29 is 14.4 Å². The van der Waals surface area contributed by atoms with Crippen LogP contribution in [-0.2, 0) is 11.8 Å². The molecule has 6 heteroatoms. The molecule has 1 aliphatic heterocycles. The van der Waals surface area contributed by atoms with Crippen molar-refractivity contribution in [3.8, 4) is 0 Å². The van der Waals surface area contributed by atoms with Gasteiger partial charge < -0.3 is 9.88 Å². The highest BCUT2D eigenvalue weighted by Crippen LogP contribution is 2.05. The third-order valence-electron chi connectivity index (χ3n) is 2.47. The number of carbonyl (C=O) groups excluding carboxylic acids is 3. The SMILES string of the molecule is Cn1cccc1C(=O)CN1C(=O)CNC1=O. The van der Waals surface area contributed by atoms with Gasteiger partial charge in [-0.25, -0.2) is 4.79 Å². The summed E-state index contributed by atoms with van der Waals surface area (Å²) in [5, 5.41) is 2.36. The molecule has 1 aromatic heterocycles. The van der Waals surface area contributed by atoms with Gasteiger partial charge in [0.1, 0.15) is 0 Å². The predicted octanol–water partition coefficient (Wildman–Crippen LogP) is -0.240. The number of nitrogens with zero attached hydrogens (tertiary/aromatic N) is 2. The summed E-state index contributed by atoms with van der Waals surface area (Å²) in [6, 6.07) is 2.88. The van der Waals surface area contributed by atoms with E-state index in [1.165, 1.54) is 0 Å². The van der Waals surface area contributed by atoms with Crippen LogP contribution in [-0.4, -0.2) is 40.3 Å². The van der Waals surface area contributed by atoms with Gasteiger partial charge >= 0.3 is 6.03 Å². The fraction of sp³-hybridized carbons (Fsp3) is 0.300. The molecule has 16 heavy (non-hydrogen) atoms. The molecule has 1 aliphatic rings. The number of rotatable bonds is 3. The molecule has 0 atom stereocenters. The molecule has 1 N–H and O–H groups in total. The van der Waals surface area contributed by atoms with Crippen LogP contribution >= 0.6 is 0 Å². The zero-order chi connectivity index (χ0) is 11.7. The Morgan fingerprint density at radius 1 is 1.50 bits per heavy atom. The lowest BCUT2D eigenvalue weighted by Gasteiger charge is -2.11. The first kappa shape index (κ1) is 10.4. The Hall–Kier alpha value is -2.11. The molecule has 0 saturated carbocycles. The number of aryl methyl sites for hydroxylation is 1. The first-order chi connectivity index (χ1) is 7.59. The van der Waals surface area contributed by atoms with Crippen LogP contribution < -0.4 is 5.32 Å². The topological polar surface area (TPSA) is 71.4 Å². The molecule has 3 amide bonds. The molecule has 2 rings (SSSR count). The molecule has 0 radical (unpaired) electrons. The van der Waals surface area contributed by atoms with E-state index >= 15 is 0 Å². The average Bonchev–Trinajstić information content (AvgIpc) is 2.79. The summed E-state index contributed by atoms with van der Waals surface area (Å²) in [7, 11) is 1.74. The Balaban J connectivity index is 2.11. The van der Waals surface area contributed by atoms with Gasteiger partial charge in [-0.1, -0.05) is 0 Å². The van der Waals surface area contributed by atoms with E-state index < -0.39 is 6.03 Å². The monoisotopic (exact) mass is 221 g/mol. The van der Waals surface area contributed by atoms with Crippen molar-refractivity contribution >= 4 is 17.7 Å². The van der Waals surface area contributed by atoms with Gasteiger partial charge in [0.05, 0.1) is 18.8 Å². The largest absolute Gasteiger partial charge is 0.348 e. The Bertz CT molecular complexity index is 448. The summed E-state index contributed by atoms with van der Waals surface area (Å²) in [5.41, 5.74) is 0.479. The Kier molecular flexibility index (Phi) is 2.47. The second-order valence-corrected chi connectivity index (χ2v) is 3.57. The number of urea groups is 1. The minimum absolute atomic E-state index is 0.0285. The second-order valence-electron chi connectivity index (χ2n) is 3.57. The number of nitrogens with one attached hydrogen (secondary N) is 1. The van der Waals surface area contributed by atoms with Gasteiger partial charge in [0.25, 0.3) is 0 Å². The van der Waals surface area contributed by atoms with Crippen molar-refractivity contribution in [2.24, 2.45) is 7.05 Å². The van der Waals surface area contributed by atoms with Crippen molar-refractivity contribution in [3.05, 3.63) is 24.0 Å². The molecule has 0 spiro atoms. The van der Waals surface area contributed by atoms with E-state index in [1.54, 1.807) is 29.9 Å². The smallest absolute Gasteiger partial charge is 0.325 e.